The van der Waals surface area contributed by atoms with Crippen molar-refractivity contribution in [1.82, 2.24) is 4.31 Å². The van der Waals surface area contributed by atoms with Gasteiger partial charge in [-0.15, -0.1) is 0 Å². The number of halogens is 1. The Balaban J connectivity index is 1.83. The molecule has 0 aliphatic heterocycles. The van der Waals surface area contributed by atoms with E-state index in [-0.39, 0.29) is 4.90 Å². The van der Waals surface area contributed by atoms with Crippen LogP contribution in [0.5, 0.6) is 5.75 Å². The highest BCUT2D eigenvalue weighted by molar-refractivity contribution is 7.89. The van der Waals surface area contributed by atoms with E-state index in [1.807, 2.05) is 24.3 Å². The number of sulfonamides is 1. The van der Waals surface area contributed by atoms with Gasteiger partial charge in [-0.25, -0.2) is 12.7 Å². The first kappa shape index (κ1) is 22.1. The maximum absolute atomic E-state index is 12.7. The third-order valence-electron chi connectivity index (χ3n) is 4.75. The van der Waals surface area contributed by atoms with Crippen molar-refractivity contribution in [2.24, 2.45) is 0 Å². The number of hydrogen-bond donors (Lipinski definition) is 1. The first-order chi connectivity index (χ1) is 14.1. The van der Waals surface area contributed by atoms with Crippen LogP contribution in [0.2, 0.25) is 5.02 Å². The molecule has 0 bridgehead atoms. The van der Waals surface area contributed by atoms with Gasteiger partial charge in [-0.3, -0.25) is 4.79 Å². The van der Waals surface area contributed by atoms with Gasteiger partial charge < -0.3 is 10.1 Å². The molecule has 0 aromatic heterocycles. The molecule has 3 aromatic rings. The van der Waals surface area contributed by atoms with E-state index in [1.165, 1.54) is 26.2 Å². The molecule has 6 nitrogen and oxygen atoms in total. The van der Waals surface area contributed by atoms with Gasteiger partial charge in [0, 0.05) is 35.6 Å². The zero-order valence-corrected chi connectivity index (χ0v) is 18.7. The maximum Gasteiger partial charge on any atom is 0.265 e. The summed E-state index contributed by atoms with van der Waals surface area (Å²) in [6.07, 6.45) is -0.817. The van der Waals surface area contributed by atoms with Crippen molar-refractivity contribution in [3.05, 3.63) is 65.2 Å². The zero-order chi connectivity index (χ0) is 22.1. The van der Waals surface area contributed by atoms with E-state index in [0.717, 1.165) is 20.6 Å². The molecule has 1 amide bonds. The van der Waals surface area contributed by atoms with E-state index in [2.05, 4.69) is 5.32 Å². The minimum Gasteiger partial charge on any atom is -0.480 e. The Labute approximate surface area is 181 Å². The van der Waals surface area contributed by atoms with E-state index in [0.29, 0.717) is 16.5 Å². The average molecular weight is 447 g/mol. The highest BCUT2D eigenvalue weighted by Crippen LogP contribution is 2.32. The van der Waals surface area contributed by atoms with E-state index in [1.54, 1.807) is 32.0 Å². The van der Waals surface area contributed by atoms with Crippen molar-refractivity contribution in [2.75, 3.05) is 19.4 Å². The molecule has 3 rings (SSSR count). The van der Waals surface area contributed by atoms with Crippen LogP contribution in [-0.2, 0) is 14.8 Å². The number of hydrogen-bond acceptors (Lipinski definition) is 4. The Hall–Kier alpha value is -2.61. The molecule has 0 saturated heterocycles. The molecule has 158 valence electrons. The lowest BCUT2D eigenvalue weighted by molar-refractivity contribution is -0.122. The number of aryl methyl sites for hydroxylation is 1. The summed E-state index contributed by atoms with van der Waals surface area (Å²) in [5.41, 5.74) is 1.16. The standard InChI is InChI=1S/C22H23ClN2O4S/c1-14-9-10-16(30(27,28)25(3)4)13-20(14)24-22(26)15(2)29-21-12-11-19(23)17-7-5-6-8-18(17)21/h5-13,15H,1-4H3,(H,24,26). The molecule has 8 heteroatoms. The molecule has 0 heterocycles. The molecule has 0 fully saturated rings. The monoisotopic (exact) mass is 446 g/mol. The van der Waals surface area contributed by atoms with E-state index in [9.17, 15) is 13.2 Å². The zero-order valence-electron chi connectivity index (χ0n) is 17.1. The quantitative estimate of drug-likeness (QED) is 0.606. The first-order valence-electron chi connectivity index (χ1n) is 9.29. The number of nitrogens with zero attached hydrogens (tertiary/aromatic N) is 1. The number of nitrogens with one attached hydrogen (secondary N) is 1. The Kier molecular flexibility index (Phi) is 6.36. The predicted molar refractivity (Wildman–Crippen MR) is 120 cm³/mol. The second kappa shape index (κ2) is 8.63. The molecule has 0 aliphatic rings. The Morgan fingerprint density at radius 3 is 2.40 bits per heavy atom. The van der Waals surface area contributed by atoms with Gasteiger partial charge in [0.25, 0.3) is 5.91 Å². The SMILES string of the molecule is Cc1ccc(S(=O)(=O)N(C)C)cc1NC(=O)C(C)Oc1ccc(Cl)c2ccccc12. The minimum absolute atomic E-state index is 0.102. The van der Waals surface area contributed by atoms with Crippen LogP contribution in [0.1, 0.15) is 12.5 Å². The highest BCUT2D eigenvalue weighted by Gasteiger charge is 2.21. The van der Waals surface area contributed by atoms with Crippen molar-refractivity contribution in [1.29, 1.82) is 0 Å². The van der Waals surface area contributed by atoms with Gasteiger partial charge in [-0.2, -0.15) is 0 Å². The Bertz CT molecular complexity index is 1210. The smallest absolute Gasteiger partial charge is 0.265 e. The van der Waals surface area contributed by atoms with E-state index < -0.39 is 22.0 Å². The van der Waals surface area contributed by atoms with Crippen LogP contribution >= 0.6 is 11.6 Å². The van der Waals surface area contributed by atoms with E-state index >= 15 is 0 Å². The van der Waals surface area contributed by atoms with Crippen molar-refractivity contribution in [2.45, 2.75) is 24.8 Å². The third kappa shape index (κ3) is 4.43. The first-order valence-corrected chi connectivity index (χ1v) is 11.1. The number of fused-ring (bicyclic) bond motifs is 1. The summed E-state index contributed by atoms with van der Waals surface area (Å²) in [7, 11) is -0.695. The van der Waals surface area contributed by atoms with Crippen LogP contribution in [0, 0.1) is 6.92 Å². The summed E-state index contributed by atoms with van der Waals surface area (Å²) < 4.78 is 31.8. The number of carbonyl (C=O) groups excluding carboxylic acids is 1. The van der Waals surface area contributed by atoms with Crippen molar-refractivity contribution >= 4 is 44.0 Å². The van der Waals surface area contributed by atoms with Crippen molar-refractivity contribution in [3.63, 3.8) is 0 Å². The summed E-state index contributed by atoms with van der Waals surface area (Å²) >= 11 is 6.24. The van der Waals surface area contributed by atoms with Gasteiger partial charge in [-0.1, -0.05) is 41.9 Å². The van der Waals surface area contributed by atoms with Gasteiger partial charge in [0.15, 0.2) is 6.10 Å². The Morgan fingerprint density at radius 1 is 1.07 bits per heavy atom. The fourth-order valence-corrected chi connectivity index (χ4v) is 4.08. The molecule has 3 aromatic carbocycles. The van der Waals surface area contributed by atoms with Crippen LogP contribution in [0.4, 0.5) is 5.69 Å². The molecule has 1 unspecified atom stereocenters. The van der Waals surface area contributed by atoms with Crippen LogP contribution in [-0.4, -0.2) is 38.8 Å². The fraction of sp³-hybridized carbons (Fsp3) is 0.227. The van der Waals surface area contributed by atoms with Gasteiger partial charge in [0.05, 0.1) is 4.90 Å². The summed E-state index contributed by atoms with van der Waals surface area (Å²) in [5, 5.41) is 5.01. The summed E-state index contributed by atoms with van der Waals surface area (Å²) in [5.74, 6) is 0.148. The van der Waals surface area contributed by atoms with Gasteiger partial charge in [0.1, 0.15) is 5.75 Å². The van der Waals surface area contributed by atoms with Crippen molar-refractivity contribution < 1.29 is 17.9 Å². The third-order valence-corrected chi connectivity index (χ3v) is 6.89. The molecule has 0 spiro atoms. The molecule has 0 radical (unpaired) electrons. The lowest BCUT2D eigenvalue weighted by Gasteiger charge is -2.18. The largest absolute Gasteiger partial charge is 0.480 e. The predicted octanol–water partition coefficient (Wildman–Crippen LogP) is 4.46. The molecular formula is C22H23ClN2O4S. The van der Waals surface area contributed by atoms with E-state index in [4.69, 9.17) is 16.3 Å². The van der Waals surface area contributed by atoms with Gasteiger partial charge in [0.2, 0.25) is 10.0 Å². The van der Waals surface area contributed by atoms with Crippen LogP contribution in [0.15, 0.2) is 59.5 Å². The number of carbonyl (C=O) groups is 1. The molecule has 30 heavy (non-hydrogen) atoms. The normalized spacial score (nSPS) is 12.7. The summed E-state index contributed by atoms with van der Waals surface area (Å²) in [6.45, 7) is 3.42. The minimum atomic E-state index is -3.61. The number of amides is 1. The van der Waals surface area contributed by atoms with Crippen LogP contribution < -0.4 is 10.1 Å². The maximum atomic E-state index is 12.7. The van der Waals surface area contributed by atoms with Crippen LogP contribution in [0.25, 0.3) is 10.8 Å². The number of benzene rings is 3. The highest BCUT2D eigenvalue weighted by atomic mass is 35.5. The molecule has 0 saturated carbocycles. The number of anilines is 1. The number of rotatable bonds is 6. The topological polar surface area (TPSA) is 75.7 Å². The number of ether oxygens (including phenoxy) is 1. The van der Waals surface area contributed by atoms with Crippen molar-refractivity contribution in [3.8, 4) is 5.75 Å². The average Bonchev–Trinajstić information content (AvgIpc) is 2.71. The second-order valence-corrected chi connectivity index (χ2v) is 9.66. The molecule has 1 N–H and O–H groups in total. The molecule has 1 atom stereocenters. The lowest BCUT2D eigenvalue weighted by Crippen LogP contribution is -2.30. The Morgan fingerprint density at radius 2 is 1.73 bits per heavy atom. The van der Waals surface area contributed by atoms with Gasteiger partial charge in [-0.05, 0) is 43.7 Å². The van der Waals surface area contributed by atoms with Crippen LogP contribution in [0.3, 0.4) is 0 Å². The second-order valence-electron chi connectivity index (χ2n) is 7.10. The molecular weight excluding hydrogens is 424 g/mol. The lowest BCUT2D eigenvalue weighted by atomic mass is 10.1. The summed E-state index contributed by atoms with van der Waals surface area (Å²) in [6, 6.07) is 15.6. The fourth-order valence-electron chi connectivity index (χ4n) is 2.92. The van der Waals surface area contributed by atoms with Gasteiger partial charge >= 0.3 is 0 Å². The summed E-state index contributed by atoms with van der Waals surface area (Å²) in [4.78, 5) is 12.8. The molecule has 0 aliphatic carbocycles.